The minimum Gasteiger partial charge on any atom is -0.488 e. The van der Waals surface area contributed by atoms with Gasteiger partial charge in [-0.3, -0.25) is 14.9 Å². The van der Waals surface area contributed by atoms with Gasteiger partial charge in [-0.2, -0.15) is 0 Å². The molecule has 0 radical (unpaired) electrons. The van der Waals surface area contributed by atoms with Crippen LogP contribution in [0.5, 0.6) is 5.75 Å². The van der Waals surface area contributed by atoms with E-state index in [0.717, 1.165) is 32.1 Å². The SMILES string of the molecule is CCC(CC)OC(=O)c1cnc(C(=O)NC(=O)CN)c(OC2CCCCC2)c1. The molecule has 1 fully saturated rings. The molecular weight excluding hydrogens is 362 g/mol. The lowest BCUT2D eigenvalue weighted by atomic mass is 9.98. The summed E-state index contributed by atoms with van der Waals surface area (Å²) in [4.78, 5) is 40.4. The third-order valence-corrected chi connectivity index (χ3v) is 4.77. The number of nitrogens with one attached hydrogen (secondary N) is 1. The van der Waals surface area contributed by atoms with E-state index in [9.17, 15) is 14.4 Å². The van der Waals surface area contributed by atoms with Crippen LogP contribution in [0.3, 0.4) is 0 Å². The fraction of sp³-hybridized carbons (Fsp3) is 0.600. The summed E-state index contributed by atoms with van der Waals surface area (Å²) in [5.41, 5.74) is 5.40. The lowest BCUT2D eigenvalue weighted by Gasteiger charge is -2.24. The number of nitrogens with two attached hydrogens (primary N) is 1. The minimum atomic E-state index is -0.707. The Morgan fingerprint density at radius 2 is 1.89 bits per heavy atom. The lowest BCUT2D eigenvalue weighted by molar-refractivity contribution is -0.118. The highest BCUT2D eigenvalue weighted by Gasteiger charge is 2.24. The van der Waals surface area contributed by atoms with E-state index < -0.39 is 17.8 Å². The molecule has 0 bridgehead atoms. The van der Waals surface area contributed by atoms with Crippen molar-refractivity contribution in [2.45, 2.75) is 71.0 Å². The van der Waals surface area contributed by atoms with E-state index in [-0.39, 0.29) is 35.8 Å². The first-order valence-corrected chi connectivity index (χ1v) is 9.90. The van der Waals surface area contributed by atoms with Crippen LogP contribution in [0.25, 0.3) is 0 Å². The van der Waals surface area contributed by atoms with Crippen molar-refractivity contribution in [1.82, 2.24) is 10.3 Å². The first kappa shape index (κ1) is 21.8. The molecule has 0 aliphatic heterocycles. The van der Waals surface area contributed by atoms with E-state index in [1.54, 1.807) is 0 Å². The number of esters is 1. The predicted molar refractivity (Wildman–Crippen MR) is 103 cm³/mol. The molecule has 1 aromatic rings. The first-order valence-electron chi connectivity index (χ1n) is 9.90. The second kappa shape index (κ2) is 10.8. The molecule has 0 spiro atoms. The zero-order valence-corrected chi connectivity index (χ0v) is 16.5. The summed E-state index contributed by atoms with van der Waals surface area (Å²) >= 11 is 0. The van der Waals surface area contributed by atoms with Gasteiger partial charge in [-0.1, -0.05) is 20.3 Å². The molecule has 2 amide bonds. The van der Waals surface area contributed by atoms with Crippen LogP contribution >= 0.6 is 0 Å². The predicted octanol–water partition coefficient (Wildman–Crippen LogP) is 2.35. The molecule has 1 aliphatic rings. The molecule has 1 aliphatic carbocycles. The normalized spacial score (nSPS) is 14.6. The topological polar surface area (TPSA) is 121 Å². The van der Waals surface area contributed by atoms with Gasteiger partial charge in [0.1, 0.15) is 6.10 Å². The van der Waals surface area contributed by atoms with Gasteiger partial charge in [-0.15, -0.1) is 0 Å². The third kappa shape index (κ3) is 6.02. The number of amides is 2. The molecule has 154 valence electrons. The molecular formula is C20H29N3O5. The van der Waals surface area contributed by atoms with Gasteiger partial charge >= 0.3 is 5.97 Å². The number of hydrogen-bond acceptors (Lipinski definition) is 7. The highest BCUT2D eigenvalue weighted by molar-refractivity contribution is 6.06. The van der Waals surface area contributed by atoms with Gasteiger partial charge in [0.15, 0.2) is 11.4 Å². The number of pyridine rings is 1. The van der Waals surface area contributed by atoms with Crippen molar-refractivity contribution in [2.24, 2.45) is 5.73 Å². The largest absolute Gasteiger partial charge is 0.488 e. The fourth-order valence-corrected chi connectivity index (χ4v) is 3.09. The van der Waals surface area contributed by atoms with Gasteiger partial charge in [0, 0.05) is 6.20 Å². The maximum Gasteiger partial charge on any atom is 0.340 e. The fourth-order valence-electron chi connectivity index (χ4n) is 3.09. The molecule has 0 unspecified atom stereocenters. The Morgan fingerprint density at radius 3 is 2.50 bits per heavy atom. The summed E-state index contributed by atoms with van der Waals surface area (Å²) in [6, 6.07) is 1.47. The van der Waals surface area contributed by atoms with Gasteiger partial charge < -0.3 is 15.2 Å². The Hall–Kier alpha value is -2.48. The Labute approximate surface area is 165 Å². The first-order chi connectivity index (χ1) is 13.5. The van der Waals surface area contributed by atoms with E-state index >= 15 is 0 Å². The summed E-state index contributed by atoms with van der Waals surface area (Å²) in [5.74, 6) is -1.67. The Bertz CT molecular complexity index is 697. The Morgan fingerprint density at radius 1 is 1.21 bits per heavy atom. The average molecular weight is 391 g/mol. The van der Waals surface area contributed by atoms with Crippen LogP contribution < -0.4 is 15.8 Å². The van der Waals surface area contributed by atoms with Gasteiger partial charge in [-0.05, 0) is 44.6 Å². The Kier molecular flexibility index (Phi) is 8.38. The smallest absolute Gasteiger partial charge is 0.340 e. The molecule has 3 N–H and O–H groups in total. The second-order valence-corrected chi connectivity index (χ2v) is 6.87. The van der Waals surface area contributed by atoms with Crippen LogP contribution in [0, 0.1) is 0 Å². The number of ether oxygens (including phenoxy) is 2. The van der Waals surface area contributed by atoms with Crippen LogP contribution in [-0.2, 0) is 9.53 Å². The van der Waals surface area contributed by atoms with Gasteiger partial charge in [0.2, 0.25) is 5.91 Å². The number of nitrogens with zero attached hydrogens (tertiary/aromatic N) is 1. The van der Waals surface area contributed by atoms with Crippen molar-refractivity contribution in [3.05, 3.63) is 23.5 Å². The molecule has 0 aromatic carbocycles. The number of hydrogen-bond donors (Lipinski definition) is 2. The maximum atomic E-state index is 12.4. The summed E-state index contributed by atoms with van der Waals surface area (Å²) in [6.45, 7) is 3.57. The van der Waals surface area contributed by atoms with E-state index in [0.29, 0.717) is 12.8 Å². The van der Waals surface area contributed by atoms with Crippen molar-refractivity contribution in [3.8, 4) is 5.75 Å². The van der Waals surface area contributed by atoms with Crippen LogP contribution in [0.2, 0.25) is 0 Å². The molecule has 1 aromatic heterocycles. The number of rotatable bonds is 8. The van der Waals surface area contributed by atoms with Gasteiger partial charge in [-0.25, -0.2) is 9.78 Å². The van der Waals surface area contributed by atoms with E-state index in [1.807, 2.05) is 13.8 Å². The minimum absolute atomic E-state index is 0.0496. The van der Waals surface area contributed by atoms with Crippen molar-refractivity contribution in [3.63, 3.8) is 0 Å². The van der Waals surface area contributed by atoms with Crippen molar-refractivity contribution in [1.29, 1.82) is 0 Å². The monoisotopic (exact) mass is 391 g/mol. The van der Waals surface area contributed by atoms with Crippen LogP contribution in [0.15, 0.2) is 12.3 Å². The standard InChI is InChI=1S/C20H29N3O5/c1-3-14(4-2)28-20(26)13-10-16(27-15-8-6-5-7-9-15)18(22-12-13)19(25)23-17(24)11-21/h10,12,14-15H,3-9,11,21H2,1-2H3,(H,23,24,25). The molecule has 1 saturated carbocycles. The van der Waals surface area contributed by atoms with Crippen molar-refractivity contribution < 1.29 is 23.9 Å². The lowest BCUT2D eigenvalue weighted by Crippen LogP contribution is -2.36. The van der Waals surface area contributed by atoms with Gasteiger partial charge in [0.25, 0.3) is 5.91 Å². The molecule has 0 saturated heterocycles. The molecule has 8 nitrogen and oxygen atoms in total. The van der Waals surface area contributed by atoms with Crippen molar-refractivity contribution >= 4 is 17.8 Å². The van der Waals surface area contributed by atoms with Crippen LogP contribution in [0.4, 0.5) is 0 Å². The molecule has 2 rings (SSSR count). The second-order valence-electron chi connectivity index (χ2n) is 6.87. The highest BCUT2D eigenvalue weighted by Crippen LogP contribution is 2.26. The Balaban J connectivity index is 2.26. The molecule has 28 heavy (non-hydrogen) atoms. The number of carbonyl (C=O) groups excluding carboxylic acids is 3. The summed E-state index contributed by atoms with van der Waals surface area (Å²) in [5, 5.41) is 2.16. The van der Waals surface area contributed by atoms with Crippen LogP contribution in [0.1, 0.15) is 79.6 Å². The van der Waals surface area contributed by atoms with E-state index in [4.69, 9.17) is 15.2 Å². The number of aromatic nitrogens is 1. The van der Waals surface area contributed by atoms with E-state index in [2.05, 4.69) is 10.3 Å². The summed E-state index contributed by atoms with van der Waals surface area (Å²) in [7, 11) is 0. The molecule has 1 heterocycles. The summed E-state index contributed by atoms with van der Waals surface area (Å²) < 4.78 is 11.5. The zero-order valence-electron chi connectivity index (χ0n) is 16.5. The zero-order chi connectivity index (χ0) is 20.5. The quantitative estimate of drug-likeness (QED) is 0.653. The third-order valence-electron chi connectivity index (χ3n) is 4.77. The number of carbonyl (C=O) groups is 3. The maximum absolute atomic E-state index is 12.4. The average Bonchev–Trinajstić information content (AvgIpc) is 2.72. The van der Waals surface area contributed by atoms with Crippen LogP contribution in [-0.4, -0.2) is 41.5 Å². The number of imide groups is 1. The highest BCUT2D eigenvalue weighted by atomic mass is 16.5. The van der Waals surface area contributed by atoms with Gasteiger partial charge in [0.05, 0.1) is 18.2 Å². The van der Waals surface area contributed by atoms with Crippen molar-refractivity contribution in [2.75, 3.05) is 6.54 Å². The summed E-state index contributed by atoms with van der Waals surface area (Å²) in [6.07, 6.45) is 7.42. The van der Waals surface area contributed by atoms with E-state index in [1.165, 1.54) is 12.3 Å². The molecule has 0 atom stereocenters. The molecule has 8 heteroatoms.